The van der Waals surface area contributed by atoms with Crippen LogP contribution < -0.4 is 0 Å². The zero-order chi connectivity index (χ0) is 15.6. The summed E-state index contributed by atoms with van der Waals surface area (Å²) in [5, 5.41) is 0. The molecule has 1 aromatic carbocycles. The van der Waals surface area contributed by atoms with Gasteiger partial charge in [-0.1, -0.05) is 12.1 Å². The normalized spacial score (nSPS) is 26.4. The van der Waals surface area contributed by atoms with E-state index in [1.54, 1.807) is 12.1 Å². The van der Waals surface area contributed by atoms with Gasteiger partial charge in [0.15, 0.2) is 0 Å². The first kappa shape index (κ1) is 15.4. The molecule has 4 nitrogen and oxygen atoms in total. The second-order valence-electron chi connectivity index (χ2n) is 6.66. The molecule has 1 amide bonds. The Morgan fingerprint density at radius 1 is 1.36 bits per heavy atom. The van der Waals surface area contributed by atoms with Gasteiger partial charge in [0, 0.05) is 25.0 Å². The molecule has 1 aromatic rings. The maximum atomic E-state index is 13.3. The van der Waals surface area contributed by atoms with Gasteiger partial charge in [0.1, 0.15) is 5.82 Å². The summed E-state index contributed by atoms with van der Waals surface area (Å²) in [4.78, 5) is 16.8. The van der Waals surface area contributed by atoms with Crippen molar-refractivity contribution in [1.82, 2.24) is 9.80 Å². The van der Waals surface area contributed by atoms with Crippen LogP contribution in [0.15, 0.2) is 24.3 Å². The van der Waals surface area contributed by atoms with Crippen LogP contribution in [-0.4, -0.2) is 62.1 Å². The molecule has 0 saturated carbocycles. The molecule has 2 aliphatic heterocycles. The third-order valence-corrected chi connectivity index (χ3v) is 4.67. The maximum Gasteiger partial charge on any atom is 0.227 e. The molecule has 0 radical (unpaired) electrons. The van der Waals surface area contributed by atoms with E-state index in [-0.39, 0.29) is 23.6 Å². The van der Waals surface area contributed by atoms with Crippen LogP contribution in [0, 0.1) is 11.2 Å². The lowest BCUT2D eigenvalue weighted by molar-refractivity contribution is -0.131. The summed E-state index contributed by atoms with van der Waals surface area (Å²) in [7, 11) is 2.11. The number of benzene rings is 1. The Bertz CT molecular complexity index is 551. The average Bonchev–Trinajstić information content (AvgIpc) is 2.70. The molecule has 120 valence electrons. The smallest absolute Gasteiger partial charge is 0.227 e. The Morgan fingerprint density at radius 2 is 2.23 bits per heavy atom. The van der Waals surface area contributed by atoms with Gasteiger partial charge in [0.05, 0.1) is 19.6 Å². The zero-order valence-corrected chi connectivity index (χ0v) is 13.1. The highest BCUT2D eigenvalue weighted by molar-refractivity contribution is 5.78. The predicted octanol–water partition coefficient (Wildman–Crippen LogP) is 1.55. The third kappa shape index (κ3) is 3.47. The van der Waals surface area contributed by atoms with Gasteiger partial charge < -0.3 is 14.5 Å². The summed E-state index contributed by atoms with van der Waals surface area (Å²) in [6.45, 7) is 4.69. The third-order valence-electron chi connectivity index (χ3n) is 4.67. The highest BCUT2D eigenvalue weighted by Gasteiger charge is 2.40. The minimum Gasteiger partial charge on any atom is -0.379 e. The average molecular weight is 306 g/mol. The van der Waals surface area contributed by atoms with E-state index in [0.717, 1.165) is 38.2 Å². The Hall–Kier alpha value is -1.46. The van der Waals surface area contributed by atoms with Crippen molar-refractivity contribution >= 4 is 5.91 Å². The standard InChI is InChI=1S/C17H23FN2O2/c1-19-6-5-17(11-19)12-20(7-8-22-13-17)16(21)10-14-3-2-4-15(18)9-14/h2-4,9H,5-8,10-13H2,1H3. The van der Waals surface area contributed by atoms with Crippen LogP contribution in [0.25, 0.3) is 0 Å². The summed E-state index contributed by atoms with van der Waals surface area (Å²) in [6, 6.07) is 6.29. The molecule has 2 aliphatic rings. The van der Waals surface area contributed by atoms with Gasteiger partial charge in [-0.25, -0.2) is 4.39 Å². The number of amides is 1. The molecule has 0 bridgehead atoms. The van der Waals surface area contributed by atoms with Gasteiger partial charge in [-0.05, 0) is 37.7 Å². The van der Waals surface area contributed by atoms with Crippen molar-refractivity contribution in [3.63, 3.8) is 0 Å². The van der Waals surface area contributed by atoms with E-state index < -0.39 is 0 Å². The van der Waals surface area contributed by atoms with Crippen LogP contribution in [0.4, 0.5) is 4.39 Å². The number of hydrogen-bond donors (Lipinski definition) is 0. The number of carbonyl (C=O) groups is 1. The molecule has 5 heteroatoms. The van der Waals surface area contributed by atoms with Crippen molar-refractivity contribution in [2.45, 2.75) is 12.8 Å². The summed E-state index contributed by atoms with van der Waals surface area (Å²) in [5.41, 5.74) is 0.788. The van der Waals surface area contributed by atoms with Gasteiger partial charge >= 0.3 is 0 Å². The van der Waals surface area contributed by atoms with Crippen LogP contribution in [0.1, 0.15) is 12.0 Å². The van der Waals surface area contributed by atoms with E-state index in [1.807, 2.05) is 4.90 Å². The van der Waals surface area contributed by atoms with Crippen molar-refractivity contribution < 1.29 is 13.9 Å². The van der Waals surface area contributed by atoms with Crippen LogP contribution in [0.5, 0.6) is 0 Å². The van der Waals surface area contributed by atoms with E-state index >= 15 is 0 Å². The molecule has 1 spiro atoms. The fourth-order valence-electron chi connectivity index (χ4n) is 3.54. The topological polar surface area (TPSA) is 32.8 Å². The lowest BCUT2D eigenvalue weighted by atomic mass is 9.87. The molecule has 2 saturated heterocycles. The van der Waals surface area contributed by atoms with E-state index in [4.69, 9.17) is 4.74 Å². The SMILES string of the molecule is CN1CCC2(COCCN(C(=O)Cc3cccc(F)c3)C2)C1. The molecule has 3 rings (SSSR count). The Kier molecular flexibility index (Phi) is 4.45. The number of carbonyl (C=O) groups excluding carboxylic acids is 1. The fraction of sp³-hybridized carbons (Fsp3) is 0.588. The molecule has 1 unspecified atom stereocenters. The van der Waals surface area contributed by atoms with E-state index in [2.05, 4.69) is 11.9 Å². The number of halogens is 1. The summed E-state index contributed by atoms with van der Waals surface area (Å²) in [6.07, 6.45) is 1.32. The maximum absolute atomic E-state index is 13.3. The molecule has 0 aliphatic carbocycles. The molecule has 0 N–H and O–H groups in total. The van der Waals surface area contributed by atoms with Crippen LogP contribution in [0.3, 0.4) is 0 Å². The summed E-state index contributed by atoms with van der Waals surface area (Å²) < 4.78 is 19.0. The van der Waals surface area contributed by atoms with E-state index in [0.29, 0.717) is 13.2 Å². The largest absolute Gasteiger partial charge is 0.379 e. The van der Waals surface area contributed by atoms with Gasteiger partial charge in [0.2, 0.25) is 5.91 Å². The first-order chi connectivity index (χ1) is 10.6. The van der Waals surface area contributed by atoms with Crippen LogP contribution in [-0.2, 0) is 16.0 Å². The Labute approximate surface area is 130 Å². The van der Waals surface area contributed by atoms with E-state index in [9.17, 15) is 9.18 Å². The van der Waals surface area contributed by atoms with Crippen LogP contribution >= 0.6 is 0 Å². The van der Waals surface area contributed by atoms with Crippen molar-refractivity contribution in [3.8, 4) is 0 Å². The zero-order valence-electron chi connectivity index (χ0n) is 13.1. The minimum atomic E-state index is -0.293. The van der Waals surface area contributed by atoms with Gasteiger partial charge in [-0.15, -0.1) is 0 Å². The van der Waals surface area contributed by atoms with Gasteiger partial charge in [-0.2, -0.15) is 0 Å². The second kappa shape index (κ2) is 6.34. The molecular weight excluding hydrogens is 283 g/mol. The first-order valence-corrected chi connectivity index (χ1v) is 7.85. The lowest BCUT2D eigenvalue weighted by Gasteiger charge is -2.31. The molecule has 22 heavy (non-hydrogen) atoms. The first-order valence-electron chi connectivity index (χ1n) is 7.85. The number of nitrogens with zero attached hydrogens (tertiary/aromatic N) is 2. The molecule has 2 heterocycles. The fourth-order valence-corrected chi connectivity index (χ4v) is 3.54. The van der Waals surface area contributed by atoms with Gasteiger partial charge in [0.25, 0.3) is 0 Å². The van der Waals surface area contributed by atoms with Crippen molar-refractivity contribution in [1.29, 1.82) is 0 Å². The minimum absolute atomic E-state index is 0.0584. The molecule has 1 atom stereocenters. The highest BCUT2D eigenvalue weighted by atomic mass is 19.1. The number of hydrogen-bond acceptors (Lipinski definition) is 3. The number of ether oxygens (including phenoxy) is 1. The van der Waals surface area contributed by atoms with Gasteiger partial charge in [-0.3, -0.25) is 4.79 Å². The summed E-state index contributed by atoms with van der Waals surface area (Å²) >= 11 is 0. The van der Waals surface area contributed by atoms with Crippen molar-refractivity contribution in [2.24, 2.45) is 5.41 Å². The van der Waals surface area contributed by atoms with Crippen molar-refractivity contribution in [2.75, 3.05) is 46.4 Å². The summed E-state index contributed by atoms with van der Waals surface area (Å²) in [5.74, 6) is -0.233. The second-order valence-corrected chi connectivity index (χ2v) is 6.66. The number of likely N-dealkylation sites (tertiary alicyclic amines) is 1. The Balaban J connectivity index is 1.68. The monoisotopic (exact) mass is 306 g/mol. The lowest BCUT2D eigenvalue weighted by Crippen LogP contribution is -2.43. The van der Waals surface area contributed by atoms with E-state index in [1.165, 1.54) is 12.1 Å². The Morgan fingerprint density at radius 3 is 2.95 bits per heavy atom. The number of rotatable bonds is 2. The van der Waals surface area contributed by atoms with Crippen molar-refractivity contribution in [3.05, 3.63) is 35.6 Å². The quantitative estimate of drug-likeness (QED) is 0.831. The van der Waals surface area contributed by atoms with Crippen LogP contribution in [0.2, 0.25) is 0 Å². The molecule has 0 aromatic heterocycles. The molecular formula is C17H23FN2O2. The predicted molar refractivity (Wildman–Crippen MR) is 82.1 cm³/mol. The highest BCUT2D eigenvalue weighted by Crippen LogP contribution is 2.32. The molecule has 2 fully saturated rings.